The minimum atomic E-state index is 0.657. The Morgan fingerprint density at radius 3 is 2.73 bits per heavy atom. The number of fused-ring (bicyclic) bond motifs is 1. The molecule has 0 atom stereocenters. The third-order valence-electron chi connectivity index (χ3n) is 2.63. The lowest BCUT2D eigenvalue weighted by Crippen LogP contribution is -2.04. The summed E-state index contributed by atoms with van der Waals surface area (Å²) in [4.78, 5) is 4.61. The van der Waals surface area contributed by atoms with Crippen molar-refractivity contribution in [2.24, 2.45) is 5.73 Å². The van der Waals surface area contributed by atoms with Gasteiger partial charge in [0.05, 0.1) is 5.52 Å². The summed E-state index contributed by atoms with van der Waals surface area (Å²) < 4.78 is 0. The molecule has 0 aliphatic heterocycles. The second-order valence-electron chi connectivity index (χ2n) is 3.99. The quantitative estimate of drug-likeness (QED) is 0.808. The van der Waals surface area contributed by atoms with Crippen LogP contribution in [0.1, 0.15) is 16.8 Å². The Labute approximate surface area is 90.1 Å². The smallest absolute Gasteiger partial charge is 0.0710 e. The van der Waals surface area contributed by atoms with Crippen LogP contribution in [0, 0.1) is 13.8 Å². The van der Waals surface area contributed by atoms with Crippen LogP contribution in [-0.4, -0.2) is 11.5 Å². The van der Waals surface area contributed by atoms with Crippen LogP contribution < -0.4 is 5.73 Å². The number of pyridine rings is 1. The van der Waals surface area contributed by atoms with Gasteiger partial charge in [-0.15, -0.1) is 0 Å². The van der Waals surface area contributed by atoms with E-state index in [-0.39, 0.29) is 0 Å². The molecule has 0 amide bonds. The summed E-state index contributed by atoms with van der Waals surface area (Å²) in [5, 5.41) is 1.24. The molecule has 0 saturated carbocycles. The number of aromatic nitrogens is 1. The highest BCUT2D eigenvalue weighted by atomic mass is 14.7. The number of benzene rings is 1. The molecule has 1 aromatic heterocycles. The number of hydrogen-bond donors (Lipinski definition) is 1. The first-order valence-electron chi connectivity index (χ1n) is 5.27. The van der Waals surface area contributed by atoms with Crippen molar-refractivity contribution in [2.75, 3.05) is 6.54 Å². The first-order chi connectivity index (χ1) is 7.20. The maximum absolute atomic E-state index is 5.54. The summed E-state index contributed by atoms with van der Waals surface area (Å²) in [5.41, 5.74) is 10.2. The van der Waals surface area contributed by atoms with Gasteiger partial charge in [0.15, 0.2) is 0 Å². The minimum absolute atomic E-state index is 0.657. The van der Waals surface area contributed by atoms with Crippen LogP contribution >= 0.6 is 0 Å². The van der Waals surface area contributed by atoms with Gasteiger partial charge in [-0.05, 0) is 43.7 Å². The monoisotopic (exact) mass is 200 g/mol. The number of aryl methyl sites for hydroxylation is 2. The van der Waals surface area contributed by atoms with E-state index in [1.807, 2.05) is 0 Å². The molecule has 78 valence electrons. The van der Waals surface area contributed by atoms with Crippen molar-refractivity contribution in [1.29, 1.82) is 0 Å². The third kappa shape index (κ3) is 2.00. The topological polar surface area (TPSA) is 38.9 Å². The van der Waals surface area contributed by atoms with E-state index < -0.39 is 0 Å². The molecule has 1 aromatic carbocycles. The number of nitrogens with two attached hydrogens (primary N) is 1. The number of rotatable bonds is 2. The summed E-state index contributed by atoms with van der Waals surface area (Å²) in [7, 11) is 0. The van der Waals surface area contributed by atoms with Crippen LogP contribution in [0.15, 0.2) is 24.3 Å². The fourth-order valence-electron chi connectivity index (χ4n) is 1.86. The highest BCUT2D eigenvalue weighted by Gasteiger charge is 2.02. The second kappa shape index (κ2) is 3.99. The Balaban J connectivity index is 2.63. The van der Waals surface area contributed by atoms with E-state index in [1.165, 1.54) is 16.5 Å². The van der Waals surface area contributed by atoms with E-state index in [4.69, 9.17) is 5.73 Å². The summed E-state index contributed by atoms with van der Waals surface area (Å²) in [5.74, 6) is 0. The third-order valence-corrected chi connectivity index (χ3v) is 2.63. The van der Waals surface area contributed by atoms with Gasteiger partial charge in [-0.25, -0.2) is 0 Å². The van der Waals surface area contributed by atoms with Crippen molar-refractivity contribution >= 4 is 10.9 Å². The van der Waals surface area contributed by atoms with E-state index in [1.54, 1.807) is 0 Å². The lowest BCUT2D eigenvalue weighted by atomic mass is 10.1. The van der Waals surface area contributed by atoms with Gasteiger partial charge in [-0.1, -0.05) is 12.1 Å². The van der Waals surface area contributed by atoms with Crippen LogP contribution in [0.3, 0.4) is 0 Å². The van der Waals surface area contributed by atoms with Crippen LogP contribution in [0.25, 0.3) is 10.9 Å². The van der Waals surface area contributed by atoms with Crippen molar-refractivity contribution in [3.63, 3.8) is 0 Å². The molecule has 2 nitrogen and oxygen atoms in total. The fourth-order valence-corrected chi connectivity index (χ4v) is 1.86. The highest BCUT2D eigenvalue weighted by Crippen LogP contribution is 2.19. The van der Waals surface area contributed by atoms with Crippen molar-refractivity contribution in [3.8, 4) is 0 Å². The van der Waals surface area contributed by atoms with Gasteiger partial charge in [0.2, 0.25) is 0 Å². The summed E-state index contributed by atoms with van der Waals surface area (Å²) in [6.45, 7) is 4.87. The number of nitrogens with zero attached hydrogens (tertiary/aromatic N) is 1. The normalized spacial score (nSPS) is 10.9. The second-order valence-corrected chi connectivity index (χ2v) is 3.99. The molecule has 0 fully saturated rings. The molecule has 2 aromatic rings. The zero-order valence-corrected chi connectivity index (χ0v) is 9.25. The van der Waals surface area contributed by atoms with Gasteiger partial charge in [-0.2, -0.15) is 0 Å². The van der Waals surface area contributed by atoms with Gasteiger partial charge in [0.25, 0.3) is 0 Å². The molecule has 2 N–H and O–H groups in total. The predicted octanol–water partition coefficient (Wildman–Crippen LogP) is 2.35. The Hall–Kier alpha value is -1.41. The van der Waals surface area contributed by atoms with Crippen molar-refractivity contribution < 1.29 is 0 Å². The van der Waals surface area contributed by atoms with Crippen LogP contribution in [-0.2, 0) is 6.42 Å². The molecule has 0 bridgehead atoms. The highest BCUT2D eigenvalue weighted by molar-refractivity contribution is 5.82. The van der Waals surface area contributed by atoms with Crippen LogP contribution in [0.2, 0.25) is 0 Å². The molecule has 0 unspecified atom stereocenters. The number of hydrogen-bond acceptors (Lipinski definition) is 2. The van der Waals surface area contributed by atoms with E-state index in [2.05, 4.69) is 43.1 Å². The van der Waals surface area contributed by atoms with E-state index in [9.17, 15) is 0 Å². The standard InChI is InChI=1S/C13H16N2/c1-9-3-4-12-10(2)8-11(5-6-14)15-13(12)7-9/h3-4,7-8H,5-6,14H2,1-2H3. The van der Waals surface area contributed by atoms with Gasteiger partial charge >= 0.3 is 0 Å². The van der Waals surface area contributed by atoms with E-state index in [0.29, 0.717) is 6.54 Å². The first kappa shape index (κ1) is 10.1. The maximum atomic E-state index is 5.54. The van der Waals surface area contributed by atoms with Gasteiger partial charge in [0.1, 0.15) is 0 Å². The zero-order chi connectivity index (χ0) is 10.8. The van der Waals surface area contributed by atoms with E-state index >= 15 is 0 Å². The molecule has 0 radical (unpaired) electrons. The lowest BCUT2D eigenvalue weighted by Gasteiger charge is -2.06. The van der Waals surface area contributed by atoms with Gasteiger partial charge in [0, 0.05) is 17.5 Å². The zero-order valence-electron chi connectivity index (χ0n) is 9.25. The molecule has 0 aliphatic rings. The Morgan fingerprint density at radius 2 is 2.00 bits per heavy atom. The molecule has 15 heavy (non-hydrogen) atoms. The summed E-state index contributed by atoms with van der Waals surface area (Å²) >= 11 is 0. The SMILES string of the molecule is Cc1ccc2c(C)cc(CCN)nc2c1. The summed E-state index contributed by atoms with van der Waals surface area (Å²) in [6, 6.07) is 8.52. The molecule has 2 heteroatoms. The largest absolute Gasteiger partial charge is 0.330 e. The average Bonchev–Trinajstić information content (AvgIpc) is 2.17. The van der Waals surface area contributed by atoms with Crippen LogP contribution in [0.5, 0.6) is 0 Å². The molecule has 0 spiro atoms. The van der Waals surface area contributed by atoms with Crippen molar-refractivity contribution in [2.45, 2.75) is 20.3 Å². The molecule has 2 rings (SSSR count). The van der Waals surface area contributed by atoms with Crippen molar-refractivity contribution in [3.05, 3.63) is 41.1 Å². The predicted molar refractivity (Wildman–Crippen MR) is 64.0 cm³/mol. The Morgan fingerprint density at radius 1 is 1.20 bits per heavy atom. The summed E-state index contributed by atoms with van der Waals surface area (Å²) in [6.07, 6.45) is 0.852. The molecular formula is C13H16N2. The lowest BCUT2D eigenvalue weighted by molar-refractivity contribution is 0.930. The first-order valence-corrected chi connectivity index (χ1v) is 5.27. The molecule has 0 aliphatic carbocycles. The molecule has 0 saturated heterocycles. The fraction of sp³-hybridized carbons (Fsp3) is 0.308. The Bertz CT molecular complexity index is 489. The van der Waals surface area contributed by atoms with Gasteiger partial charge in [-0.3, -0.25) is 4.98 Å². The Kier molecular flexibility index (Phi) is 2.69. The maximum Gasteiger partial charge on any atom is 0.0710 e. The van der Waals surface area contributed by atoms with Gasteiger partial charge < -0.3 is 5.73 Å². The molecule has 1 heterocycles. The minimum Gasteiger partial charge on any atom is -0.330 e. The molecular weight excluding hydrogens is 184 g/mol. The average molecular weight is 200 g/mol. The van der Waals surface area contributed by atoms with Crippen LogP contribution in [0.4, 0.5) is 0 Å². The van der Waals surface area contributed by atoms with Crippen molar-refractivity contribution in [1.82, 2.24) is 4.98 Å². The van der Waals surface area contributed by atoms with E-state index in [0.717, 1.165) is 17.6 Å².